The third kappa shape index (κ3) is 5.02. The third-order valence-electron chi connectivity index (χ3n) is 9.10. The summed E-state index contributed by atoms with van der Waals surface area (Å²) in [6, 6.07) is 65.1. The summed E-state index contributed by atoms with van der Waals surface area (Å²) in [6.45, 7) is 0. The van der Waals surface area contributed by atoms with E-state index in [4.69, 9.17) is 4.98 Å². The van der Waals surface area contributed by atoms with Crippen molar-refractivity contribution < 1.29 is 0 Å². The van der Waals surface area contributed by atoms with Gasteiger partial charge in [-0.15, -0.1) is 11.3 Å². The molecule has 0 amide bonds. The summed E-state index contributed by atoms with van der Waals surface area (Å²) in [7, 11) is 0. The predicted molar refractivity (Wildman–Crippen MR) is 206 cm³/mol. The Hall–Kier alpha value is -6.03. The molecule has 0 saturated carbocycles. The van der Waals surface area contributed by atoms with Crippen LogP contribution >= 0.6 is 11.3 Å². The van der Waals surface area contributed by atoms with Crippen LogP contribution in [0.4, 0.5) is 17.1 Å². The molecule has 0 atom stereocenters. The second kappa shape index (κ2) is 12.0. The van der Waals surface area contributed by atoms with E-state index in [1.165, 1.54) is 43.8 Å². The van der Waals surface area contributed by atoms with Crippen LogP contribution in [0.1, 0.15) is 0 Å². The molecule has 0 fully saturated rings. The van der Waals surface area contributed by atoms with E-state index >= 15 is 0 Å². The number of para-hydroxylation sites is 1. The van der Waals surface area contributed by atoms with E-state index in [1.54, 1.807) is 11.3 Å². The standard InChI is InChI=1S/C45H30N2S/c1-3-12-31(13-4-1)32-22-26-36(27-23-32)47(42-20-11-21-43-44(42)46-45(48-43)34-14-5-2-6-15-34)37-28-24-33(25-29-37)41-30-35-16-7-8-17-38(35)39-18-9-10-19-40(39)41/h1-30H. The molecule has 226 valence electrons. The maximum absolute atomic E-state index is 5.23. The van der Waals surface area contributed by atoms with Crippen LogP contribution < -0.4 is 4.90 Å². The van der Waals surface area contributed by atoms with Gasteiger partial charge in [-0.3, -0.25) is 0 Å². The first-order chi connectivity index (χ1) is 23.8. The van der Waals surface area contributed by atoms with Crippen molar-refractivity contribution in [3.05, 3.63) is 182 Å². The van der Waals surface area contributed by atoms with Gasteiger partial charge in [-0.25, -0.2) is 4.98 Å². The molecule has 0 N–H and O–H groups in total. The van der Waals surface area contributed by atoms with Gasteiger partial charge in [0.25, 0.3) is 0 Å². The first-order valence-corrected chi connectivity index (χ1v) is 17.0. The highest BCUT2D eigenvalue weighted by atomic mass is 32.1. The van der Waals surface area contributed by atoms with E-state index in [1.807, 2.05) is 6.07 Å². The summed E-state index contributed by atoms with van der Waals surface area (Å²) in [5.41, 5.74) is 10.2. The fraction of sp³-hybridized carbons (Fsp3) is 0. The zero-order valence-electron chi connectivity index (χ0n) is 26.1. The summed E-state index contributed by atoms with van der Waals surface area (Å²) in [5, 5.41) is 6.10. The highest BCUT2D eigenvalue weighted by molar-refractivity contribution is 7.21. The van der Waals surface area contributed by atoms with Gasteiger partial charge in [-0.2, -0.15) is 0 Å². The molecule has 8 aromatic carbocycles. The molecule has 0 aliphatic rings. The highest BCUT2D eigenvalue weighted by Gasteiger charge is 2.19. The Bertz CT molecular complexity index is 2540. The van der Waals surface area contributed by atoms with Crippen LogP contribution in [0.25, 0.3) is 64.6 Å². The number of hydrogen-bond donors (Lipinski definition) is 0. The summed E-state index contributed by atoms with van der Waals surface area (Å²) >= 11 is 1.74. The van der Waals surface area contributed by atoms with Crippen LogP contribution in [0.3, 0.4) is 0 Å². The number of hydrogen-bond acceptors (Lipinski definition) is 3. The van der Waals surface area contributed by atoms with E-state index in [0.717, 1.165) is 37.8 Å². The number of rotatable bonds is 6. The molecule has 1 heterocycles. The molecule has 3 heteroatoms. The van der Waals surface area contributed by atoms with Gasteiger partial charge in [0.1, 0.15) is 10.5 Å². The summed E-state index contributed by atoms with van der Waals surface area (Å²) < 4.78 is 1.16. The number of thiazole rings is 1. The molecule has 9 rings (SSSR count). The molecule has 0 saturated heterocycles. The fourth-order valence-electron chi connectivity index (χ4n) is 6.76. The Labute approximate surface area is 283 Å². The second-order valence-electron chi connectivity index (χ2n) is 12.0. The lowest BCUT2D eigenvalue weighted by atomic mass is 9.93. The summed E-state index contributed by atoms with van der Waals surface area (Å²) in [5.74, 6) is 0. The molecule has 0 bridgehead atoms. The Kier molecular flexibility index (Phi) is 7.03. The minimum Gasteiger partial charge on any atom is -0.308 e. The van der Waals surface area contributed by atoms with Crippen molar-refractivity contribution in [2.75, 3.05) is 4.90 Å². The van der Waals surface area contributed by atoms with Crippen molar-refractivity contribution in [1.82, 2.24) is 4.98 Å². The van der Waals surface area contributed by atoms with Crippen LogP contribution in [0.2, 0.25) is 0 Å². The van der Waals surface area contributed by atoms with Crippen LogP contribution in [0.5, 0.6) is 0 Å². The molecule has 48 heavy (non-hydrogen) atoms. The van der Waals surface area contributed by atoms with Gasteiger partial charge < -0.3 is 4.90 Å². The number of benzene rings is 8. The van der Waals surface area contributed by atoms with Gasteiger partial charge in [-0.1, -0.05) is 140 Å². The highest BCUT2D eigenvalue weighted by Crippen LogP contribution is 2.43. The number of fused-ring (bicyclic) bond motifs is 4. The van der Waals surface area contributed by atoms with Gasteiger partial charge in [-0.05, 0) is 86.3 Å². The minimum absolute atomic E-state index is 0.998. The zero-order chi connectivity index (χ0) is 31.9. The molecular formula is C45H30N2S. The van der Waals surface area contributed by atoms with E-state index in [2.05, 4.69) is 181 Å². The maximum atomic E-state index is 5.23. The topological polar surface area (TPSA) is 16.1 Å². The Morgan fingerprint density at radius 1 is 0.417 bits per heavy atom. The van der Waals surface area contributed by atoms with Crippen molar-refractivity contribution in [1.29, 1.82) is 0 Å². The van der Waals surface area contributed by atoms with Crippen LogP contribution in [-0.2, 0) is 0 Å². The first-order valence-electron chi connectivity index (χ1n) is 16.2. The molecule has 0 radical (unpaired) electrons. The van der Waals surface area contributed by atoms with Gasteiger partial charge in [0.05, 0.1) is 10.4 Å². The average molecular weight is 631 g/mol. The molecule has 0 unspecified atom stereocenters. The van der Waals surface area contributed by atoms with Crippen molar-refractivity contribution >= 4 is 60.2 Å². The SMILES string of the molecule is c1ccc(-c2ccc(N(c3ccc(-c4cc5ccccc5c5ccccc45)cc3)c3cccc4sc(-c5ccccc5)nc34)cc2)cc1. The zero-order valence-corrected chi connectivity index (χ0v) is 26.9. The smallest absolute Gasteiger partial charge is 0.124 e. The fourth-order valence-corrected chi connectivity index (χ4v) is 7.76. The van der Waals surface area contributed by atoms with E-state index < -0.39 is 0 Å². The monoisotopic (exact) mass is 630 g/mol. The molecule has 0 aliphatic heterocycles. The van der Waals surface area contributed by atoms with E-state index in [9.17, 15) is 0 Å². The molecule has 2 nitrogen and oxygen atoms in total. The van der Waals surface area contributed by atoms with Gasteiger partial charge in [0.2, 0.25) is 0 Å². The summed E-state index contributed by atoms with van der Waals surface area (Å²) in [4.78, 5) is 7.57. The normalized spacial score (nSPS) is 11.3. The Morgan fingerprint density at radius 2 is 0.979 bits per heavy atom. The van der Waals surface area contributed by atoms with Gasteiger partial charge in [0, 0.05) is 16.9 Å². The molecule has 0 aliphatic carbocycles. The predicted octanol–water partition coefficient (Wildman–Crippen LogP) is 13.1. The van der Waals surface area contributed by atoms with E-state index in [0.29, 0.717) is 0 Å². The Balaban J connectivity index is 1.19. The summed E-state index contributed by atoms with van der Waals surface area (Å²) in [6.07, 6.45) is 0. The van der Waals surface area contributed by atoms with Crippen LogP contribution in [-0.4, -0.2) is 4.98 Å². The van der Waals surface area contributed by atoms with E-state index in [-0.39, 0.29) is 0 Å². The van der Waals surface area contributed by atoms with Crippen molar-refractivity contribution in [3.8, 4) is 32.8 Å². The maximum Gasteiger partial charge on any atom is 0.124 e. The minimum atomic E-state index is 0.998. The Morgan fingerprint density at radius 3 is 1.69 bits per heavy atom. The second-order valence-corrected chi connectivity index (χ2v) is 13.0. The lowest BCUT2D eigenvalue weighted by molar-refractivity contribution is 1.29. The largest absolute Gasteiger partial charge is 0.308 e. The molecule has 9 aromatic rings. The van der Waals surface area contributed by atoms with Gasteiger partial charge >= 0.3 is 0 Å². The van der Waals surface area contributed by atoms with Crippen LogP contribution in [0, 0.1) is 0 Å². The first kappa shape index (κ1) is 28.2. The average Bonchev–Trinajstić information content (AvgIpc) is 3.62. The van der Waals surface area contributed by atoms with Crippen molar-refractivity contribution in [3.63, 3.8) is 0 Å². The quantitative estimate of drug-likeness (QED) is 0.170. The number of nitrogens with zero attached hydrogens (tertiary/aromatic N) is 2. The lowest BCUT2D eigenvalue weighted by Gasteiger charge is -2.26. The molecular weight excluding hydrogens is 601 g/mol. The van der Waals surface area contributed by atoms with Crippen molar-refractivity contribution in [2.45, 2.75) is 0 Å². The van der Waals surface area contributed by atoms with Gasteiger partial charge in [0.15, 0.2) is 0 Å². The number of anilines is 3. The number of aromatic nitrogens is 1. The van der Waals surface area contributed by atoms with Crippen LogP contribution in [0.15, 0.2) is 182 Å². The third-order valence-corrected chi connectivity index (χ3v) is 10.2. The lowest BCUT2D eigenvalue weighted by Crippen LogP contribution is -2.10. The molecule has 1 aromatic heterocycles. The molecule has 0 spiro atoms. The van der Waals surface area contributed by atoms with Crippen molar-refractivity contribution in [2.24, 2.45) is 0 Å².